The fourth-order valence-corrected chi connectivity index (χ4v) is 10.9. The molecule has 0 aromatic rings. The van der Waals surface area contributed by atoms with Gasteiger partial charge in [0.1, 0.15) is 0 Å². The molecule has 0 aromatic heterocycles. The van der Waals surface area contributed by atoms with Gasteiger partial charge in [-0.05, 0) is 130 Å². The maximum atomic E-state index is 6.81. The second kappa shape index (κ2) is 8.51. The molecule has 2 nitrogen and oxygen atoms in total. The molecule has 0 N–H and O–H groups in total. The van der Waals surface area contributed by atoms with Crippen LogP contribution in [0.25, 0.3) is 0 Å². The van der Waals surface area contributed by atoms with Crippen LogP contribution in [0.2, 0.25) is 24.7 Å². The van der Waals surface area contributed by atoms with Gasteiger partial charge in [-0.25, -0.2) is 0 Å². The van der Waals surface area contributed by atoms with Crippen molar-refractivity contribution in [1.29, 1.82) is 0 Å². The van der Waals surface area contributed by atoms with Crippen molar-refractivity contribution < 1.29 is 8.85 Å². The Labute approximate surface area is 209 Å². The Morgan fingerprint density at radius 1 is 0.879 bits per heavy atom. The van der Waals surface area contributed by atoms with Crippen LogP contribution in [-0.2, 0) is 8.85 Å². The van der Waals surface area contributed by atoms with Crippen molar-refractivity contribution in [3.8, 4) is 0 Å². The molecule has 3 fully saturated rings. The molecule has 4 aliphatic carbocycles. The van der Waals surface area contributed by atoms with Gasteiger partial charge in [-0.2, -0.15) is 0 Å². The molecule has 4 aliphatic rings. The number of hydrogen-bond acceptors (Lipinski definition) is 2. The molecular weight excluding hydrogens is 436 g/mol. The molecular formula is C29H54O2Si2. The summed E-state index contributed by atoms with van der Waals surface area (Å²) in [6, 6.07) is 0. The van der Waals surface area contributed by atoms with E-state index in [0.717, 1.165) is 29.6 Å². The van der Waals surface area contributed by atoms with Crippen LogP contribution in [0.4, 0.5) is 0 Å². The first kappa shape index (κ1) is 26.0. The van der Waals surface area contributed by atoms with E-state index in [9.17, 15) is 0 Å². The van der Waals surface area contributed by atoms with Crippen LogP contribution >= 0.6 is 0 Å². The van der Waals surface area contributed by atoms with Gasteiger partial charge in [-0.3, -0.25) is 0 Å². The fraction of sp³-hybridized carbons (Fsp3) is 0.931. The Morgan fingerprint density at radius 2 is 1.55 bits per heavy atom. The van der Waals surface area contributed by atoms with Crippen molar-refractivity contribution >= 4 is 18.1 Å². The number of rotatable bonds is 5. The SMILES string of the molecule is CC(C)(C)[SiH2]OC(C)(C)C1CC[C@H]2[C@@H]3CCC4C=C(O[Si](C)(C)C)CC[C@]4(C)[C@@H]3CC[C@]12C. The highest BCUT2D eigenvalue weighted by atomic mass is 28.4. The molecule has 7 atom stereocenters. The van der Waals surface area contributed by atoms with Gasteiger partial charge in [0.15, 0.2) is 9.76 Å². The van der Waals surface area contributed by atoms with Gasteiger partial charge in [0.2, 0.25) is 8.32 Å². The van der Waals surface area contributed by atoms with Crippen molar-refractivity contribution in [3.05, 3.63) is 11.8 Å². The van der Waals surface area contributed by atoms with Crippen molar-refractivity contribution in [2.75, 3.05) is 0 Å². The predicted octanol–water partition coefficient (Wildman–Crippen LogP) is 8.09. The smallest absolute Gasteiger partial charge is 0.241 e. The Morgan fingerprint density at radius 3 is 2.18 bits per heavy atom. The number of fused-ring (bicyclic) bond motifs is 5. The highest BCUT2D eigenvalue weighted by Crippen LogP contribution is 2.68. The summed E-state index contributed by atoms with van der Waals surface area (Å²) in [4.78, 5) is 0. The lowest BCUT2D eigenvalue weighted by Crippen LogP contribution is -2.54. The normalized spacial score (nSPS) is 42.0. The minimum Gasteiger partial charge on any atom is -0.548 e. The van der Waals surface area contributed by atoms with Gasteiger partial charge in [0, 0.05) is 6.42 Å². The Balaban J connectivity index is 1.51. The maximum Gasteiger partial charge on any atom is 0.241 e. The van der Waals surface area contributed by atoms with E-state index in [2.05, 4.69) is 74.2 Å². The monoisotopic (exact) mass is 490 g/mol. The summed E-state index contributed by atoms with van der Waals surface area (Å²) in [7, 11) is -2.04. The fourth-order valence-electron chi connectivity index (χ4n) is 8.95. The second-order valence-electron chi connectivity index (χ2n) is 15.5. The molecule has 3 saturated carbocycles. The lowest BCUT2D eigenvalue weighted by Gasteiger charge is -2.60. The molecule has 0 spiro atoms. The number of hydrogen-bond donors (Lipinski definition) is 0. The van der Waals surface area contributed by atoms with E-state index < -0.39 is 18.1 Å². The molecule has 0 aliphatic heterocycles. The molecule has 0 saturated heterocycles. The molecule has 2 unspecified atom stereocenters. The molecule has 0 heterocycles. The molecule has 33 heavy (non-hydrogen) atoms. The Bertz CT molecular complexity index is 761. The zero-order valence-corrected chi connectivity index (χ0v) is 26.1. The van der Waals surface area contributed by atoms with Gasteiger partial charge < -0.3 is 8.85 Å². The summed E-state index contributed by atoms with van der Waals surface area (Å²) in [6.07, 6.45) is 13.6. The van der Waals surface area contributed by atoms with Gasteiger partial charge in [-0.1, -0.05) is 34.6 Å². The summed E-state index contributed by atoms with van der Waals surface area (Å²) in [5.41, 5.74) is 0.990. The zero-order chi connectivity index (χ0) is 24.4. The molecule has 0 bridgehead atoms. The second-order valence-corrected chi connectivity index (χ2v) is 22.7. The van der Waals surface area contributed by atoms with Crippen LogP contribution < -0.4 is 0 Å². The summed E-state index contributed by atoms with van der Waals surface area (Å²) in [5.74, 6) is 5.53. The maximum absolute atomic E-state index is 6.81. The van der Waals surface area contributed by atoms with Crippen LogP contribution in [0, 0.1) is 40.4 Å². The third-order valence-electron chi connectivity index (χ3n) is 10.4. The quantitative estimate of drug-likeness (QED) is 0.362. The van der Waals surface area contributed by atoms with E-state index in [0.29, 0.717) is 15.9 Å². The topological polar surface area (TPSA) is 18.5 Å². The molecule has 0 aromatic carbocycles. The molecule has 190 valence electrons. The van der Waals surface area contributed by atoms with E-state index in [4.69, 9.17) is 8.85 Å². The van der Waals surface area contributed by atoms with Crippen molar-refractivity contribution in [3.63, 3.8) is 0 Å². The predicted molar refractivity (Wildman–Crippen MR) is 147 cm³/mol. The minimum atomic E-state index is -1.51. The number of allylic oxidation sites excluding steroid dienone is 2. The van der Waals surface area contributed by atoms with Crippen LogP contribution in [-0.4, -0.2) is 23.7 Å². The van der Waals surface area contributed by atoms with Crippen LogP contribution in [0.3, 0.4) is 0 Å². The average Bonchev–Trinajstić information content (AvgIpc) is 3.03. The highest BCUT2D eigenvalue weighted by molar-refractivity contribution is 6.70. The first-order valence-electron chi connectivity index (χ1n) is 14.1. The van der Waals surface area contributed by atoms with E-state index in [-0.39, 0.29) is 5.60 Å². The molecule has 0 radical (unpaired) electrons. The van der Waals surface area contributed by atoms with Crippen molar-refractivity contribution in [1.82, 2.24) is 0 Å². The summed E-state index contributed by atoms with van der Waals surface area (Å²) in [5, 5.41) is 0.368. The van der Waals surface area contributed by atoms with E-state index in [1.54, 1.807) is 0 Å². The van der Waals surface area contributed by atoms with E-state index >= 15 is 0 Å². The minimum absolute atomic E-state index is 0.0353. The first-order chi connectivity index (χ1) is 15.1. The van der Waals surface area contributed by atoms with E-state index in [1.165, 1.54) is 57.1 Å². The van der Waals surface area contributed by atoms with Crippen LogP contribution in [0.1, 0.15) is 99.8 Å². The average molecular weight is 491 g/mol. The van der Waals surface area contributed by atoms with Gasteiger partial charge in [0.25, 0.3) is 0 Å². The summed E-state index contributed by atoms with van der Waals surface area (Å²) in [6.45, 7) is 24.2. The Kier molecular flexibility index (Phi) is 6.70. The first-order valence-corrected chi connectivity index (χ1v) is 18.8. The van der Waals surface area contributed by atoms with Crippen molar-refractivity contribution in [2.45, 2.75) is 130 Å². The third kappa shape index (κ3) is 4.96. The highest BCUT2D eigenvalue weighted by Gasteiger charge is 2.61. The standard InChI is InChI=1S/C29H54O2Si2/c1-26(2,3)32-31-27(4,5)25-14-13-23-22-12-11-20-19-21(30-33(8,9)10)15-17-28(20,6)24(22)16-18-29(23,25)7/h19-20,22-25H,11-18,32H2,1-10H3/t20?,22-,23-,24+,25?,28-,29-/m0/s1. The van der Waals surface area contributed by atoms with Gasteiger partial charge in [0.05, 0.1) is 11.4 Å². The lowest BCUT2D eigenvalue weighted by atomic mass is 9.45. The lowest BCUT2D eigenvalue weighted by molar-refractivity contribution is -0.114. The van der Waals surface area contributed by atoms with Crippen molar-refractivity contribution in [2.24, 2.45) is 40.4 Å². The Hall–Kier alpha value is -0.0662. The van der Waals surface area contributed by atoms with Gasteiger partial charge in [-0.15, -0.1) is 0 Å². The van der Waals surface area contributed by atoms with Crippen LogP contribution in [0.5, 0.6) is 0 Å². The van der Waals surface area contributed by atoms with Crippen LogP contribution in [0.15, 0.2) is 11.8 Å². The summed E-state index contributed by atoms with van der Waals surface area (Å²) < 4.78 is 13.3. The molecule has 4 heteroatoms. The largest absolute Gasteiger partial charge is 0.548 e. The van der Waals surface area contributed by atoms with E-state index in [1.807, 2.05) is 0 Å². The molecule has 4 rings (SSSR count). The summed E-state index contributed by atoms with van der Waals surface area (Å²) >= 11 is 0. The third-order valence-corrected chi connectivity index (χ3v) is 13.0. The molecule has 0 amide bonds. The van der Waals surface area contributed by atoms with Gasteiger partial charge >= 0.3 is 0 Å². The zero-order valence-electron chi connectivity index (χ0n) is 23.6.